The summed E-state index contributed by atoms with van der Waals surface area (Å²) in [6.07, 6.45) is 0. The first kappa shape index (κ1) is 35.5. The summed E-state index contributed by atoms with van der Waals surface area (Å²) >= 11 is 3.25. The fourth-order valence-electron chi connectivity index (χ4n) is 10.4. The van der Waals surface area contributed by atoms with Gasteiger partial charge in [0, 0.05) is 23.6 Å². The number of hydrogen-bond donors (Lipinski definition) is 0. The van der Waals surface area contributed by atoms with Crippen LogP contribution in [0, 0.1) is 0 Å². The fraction of sp³-hybridized carbons (Fsp3) is 0.169. The Labute approximate surface area is 402 Å². The standard InChI is InChI=1S/C59H54N2S2Si2/c1-58(2,3)47-35-33-41(37-45(47)43-25-19-29-51-55(43)63-57-60-49-27-15-16-28-50(49)61(51)57)65(39-21-11-9-12-22-39,40-23-13-10-14-24-40)42-34-36-48(59(4,5)6)46(38-42)44-26-20-32-54-56(44)62-52-30-17-18-31-53(52)64(54,7)8/h9-38H,1-8H3/i7D3,8D3. The van der Waals surface area contributed by atoms with E-state index in [1.807, 2.05) is 24.3 Å². The molecule has 0 spiro atoms. The lowest BCUT2D eigenvalue weighted by molar-refractivity contribution is 0.592. The maximum atomic E-state index is 9.17. The Morgan fingerprint density at radius 2 is 1.05 bits per heavy atom. The van der Waals surface area contributed by atoms with Crippen LogP contribution in [-0.2, 0) is 10.8 Å². The molecular weight excluding hydrogens is 857 g/mol. The number of benzene rings is 8. The molecule has 0 unspecified atom stereocenters. The van der Waals surface area contributed by atoms with E-state index in [-0.39, 0.29) is 10.8 Å². The summed E-state index contributed by atoms with van der Waals surface area (Å²) in [6, 6.07) is 64.3. The minimum absolute atomic E-state index is 0.198. The van der Waals surface area contributed by atoms with Crippen LogP contribution in [0.3, 0.4) is 0 Å². The van der Waals surface area contributed by atoms with Crippen molar-refractivity contribution in [1.29, 1.82) is 0 Å². The van der Waals surface area contributed by atoms with Gasteiger partial charge in [-0.2, -0.15) is 0 Å². The lowest BCUT2D eigenvalue weighted by atomic mass is 9.82. The summed E-state index contributed by atoms with van der Waals surface area (Å²) in [4.78, 5) is 7.48. The van der Waals surface area contributed by atoms with Crippen molar-refractivity contribution in [3.63, 3.8) is 0 Å². The third-order valence-corrected chi connectivity index (χ3v) is 23.3. The predicted molar refractivity (Wildman–Crippen MR) is 287 cm³/mol. The minimum Gasteiger partial charge on any atom is -0.283 e. The Bertz CT molecular complexity index is 3640. The summed E-state index contributed by atoms with van der Waals surface area (Å²) in [5, 5.41) is 5.75. The molecule has 0 N–H and O–H groups in total. The highest BCUT2D eigenvalue weighted by molar-refractivity contribution is 8.00. The van der Waals surface area contributed by atoms with Crippen molar-refractivity contribution in [2.24, 2.45) is 0 Å². The molecule has 2 nitrogen and oxygen atoms in total. The van der Waals surface area contributed by atoms with E-state index in [4.69, 9.17) is 13.2 Å². The third-order valence-electron chi connectivity index (χ3n) is 13.4. The smallest absolute Gasteiger partial charge is 0.195 e. The molecule has 0 fully saturated rings. The quantitative estimate of drug-likeness (QED) is 0.122. The van der Waals surface area contributed by atoms with Gasteiger partial charge in [-0.25, -0.2) is 4.98 Å². The van der Waals surface area contributed by atoms with Crippen LogP contribution in [0.15, 0.2) is 192 Å². The highest BCUT2D eigenvalue weighted by atomic mass is 32.2. The Morgan fingerprint density at radius 1 is 0.508 bits per heavy atom. The van der Waals surface area contributed by atoms with Gasteiger partial charge in [0.05, 0.1) is 21.3 Å². The van der Waals surface area contributed by atoms with Gasteiger partial charge in [-0.3, -0.25) is 4.40 Å². The number of nitrogens with zero attached hydrogens (tertiary/aromatic N) is 2. The van der Waals surface area contributed by atoms with Gasteiger partial charge in [-0.05, 0) is 94.0 Å². The SMILES string of the molecule is [2H]C([2H])([2H])[Si]1(C([2H])([2H])[2H])c2ccccc2Sc2c(-c3cc([Si](c4ccccc4)(c4ccccc4)c4ccc(C(C)(C)C)c(-c5cccc6c5sc5nc7ccccc7n56)c4)ccc3C(C)(C)C)cccc21. The van der Waals surface area contributed by atoms with E-state index in [1.54, 1.807) is 29.5 Å². The molecule has 0 saturated carbocycles. The first-order valence-corrected chi connectivity index (χ1v) is 28.0. The zero-order valence-electron chi connectivity index (χ0n) is 43.5. The van der Waals surface area contributed by atoms with Crippen LogP contribution in [-0.4, -0.2) is 25.5 Å². The lowest BCUT2D eigenvalue weighted by Gasteiger charge is -2.37. The molecule has 0 amide bonds. The first-order chi connectivity index (χ1) is 33.8. The average molecular weight is 917 g/mol. The van der Waals surface area contributed by atoms with Crippen molar-refractivity contribution < 1.29 is 8.22 Å². The number of imidazole rings is 1. The fourth-order valence-corrected chi connectivity index (χ4v) is 20.5. The van der Waals surface area contributed by atoms with Crippen molar-refractivity contribution in [2.45, 2.75) is 75.1 Å². The summed E-state index contributed by atoms with van der Waals surface area (Å²) in [5.74, 6) is 0. The summed E-state index contributed by atoms with van der Waals surface area (Å²) < 4.78 is 58.5. The molecule has 10 aromatic rings. The van der Waals surface area contributed by atoms with Crippen LogP contribution in [0.2, 0.25) is 13.0 Å². The number of aromatic nitrogens is 2. The van der Waals surface area contributed by atoms with Gasteiger partial charge in [0.2, 0.25) is 0 Å². The number of fused-ring (bicyclic) bond motifs is 7. The van der Waals surface area contributed by atoms with Gasteiger partial charge < -0.3 is 0 Å². The molecule has 0 radical (unpaired) electrons. The van der Waals surface area contributed by atoms with Crippen molar-refractivity contribution in [2.75, 3.05) is 0 Å². The van der Waals surface area contributed by atoms with E-state index < -0.39 is 29.1 Å². The van der Waals surface area contributed by atoms with Gasteiger partial charge >= 0.3 is 0 Å². The van der Waals surface area contributed by atoms with Crippen LogP contribution < -0.4 is 31.1 Å². The molecule has 0 aliphatic carbocycles. The van der Waals surface area contributed by atoms with Crippen molar-refractivity contribution in [3.05, 3.63) is 193 Å². The molecule has 320 valence electrons. The molecule has 0 atom stereocenters. The number of rotatable bonds is 6. The largest absolute Gasteiger partial charge is 0.283 e. The maximum Gasteiger partial charge on any atom is 0.195 e. The van der Waals surface area contributed by atoms with E-state index >= 15 is 0 Å². The van der Waals surface area contributed by atoms with Crippen LogP contribution >= 0.6 is 23.1 Å². The van der Waals surface area contributed by atoms with E-state index in [0.29, 0.717) is 15.3 Å². The van der Waals surface area contributed by atoms with Crippen molar-refractivity contribution in [3.8, 4) is 22.3 Å². The Morgan fingerprint density at radius 3 is 1.69 bits per heavy atom. The average Bonchev–Trinajstić information content (AvgIpc) is 3.89. The molecule has 1 aliphatic rings. The molecule has 65 heavy (non-hydrogen) atoms. The van der Waals surface area contributed by atoms with Crippen LogP contribution in [0.1, 0.15) is 60.9 Å². The zero-order valence-corrected chi connectivity index (χ0v) is 41.2. The van der Waals surface area contributed by atoms with Gasteiger partial charge in [0.15, 0.2) is 13.0 Å². The van der Waals surface area contributed by atoms with Gasteiger partial charge in [-0.15, -0.1) is 0 Å². The molecule has 11 rings (SSSR count). The number of para-hydroxylation sites is 2. The molecule has 3 heterocycles. The molecule has 8 aromatic carbocycles. The second-order valence-electron chi connectivity index (χ2n) is 19.5. The Hall–Kier alpha value is -5.77. The van der Waals surface area contributed by atoms with Crippen LogP contribution in [0.5, 0.6) is 0 Å². The summed E-state index contributed by atoms with van der Waals surface area (Å²) in [7, 11) is -7.77. The molecule has 1 aliphatic heterocycles. The summed E-state index contributed by atoms with van der Waals surface area (Å²) in [6.45, 7) is 8.02. The number of hydrogen-bond acceptors (Lipinski definition) is 3. The van der Waals surface area contributed by atoms with E-state index in [1.165, 1.54) is 53.9 Å². The van der Waals surface area contributed by atoms with Crippen LogP contribution in [0.25, 0.3) is 48.5 Å². The molecule has 6 heteroatoms. The van der Waals surface area contributed by atoms with E-state index in [0.717, 1.165) is 43.1 Å². The Kier molecular flexibility index (Phi) is 8.42. The molecule has 2 aromatic heterocycles. The van der Waals surface area contributed by atoms with Gasteiger partial charge in [-0.1, -0.05) is 235 Å². The highest BCUT2D eigenvalue weighted by Crippen LogP contribution is 2.44. The maximum absolute atomic E-state index is 9.17. The topological polar surface area (TPSA) is 17.3 Å². The monoisotopic (exact) mass is 916 g/mol. The molecule has 0 saturated heterocycles. The van der Waals surface area contributed by atoms with Gasteiger partial charge in [0.1, 0.15) is 8.07 Å². The highest BCUT2D eigenvalue weighted by Gasteiger charge is 2.44. The van der Waals surface area contributed by atoms with Crippen molar-refractivity contribution in [1.82, 2.24) is 9.38 Å². The normalized spacial score (nSPS) is 15.7. The lowest BCUT2D eigenvalue weighted by Crippen LogP contribution is -2.74. The predicted octanol–water partition coefficient (Wildman–Crippen LogP) is 12.3. The summed E-state index contributed by atoms with van der Waals surface area (Å²) in [5.41, 5.74) is 9.21. The zero-order chi connectivity index (χ0) is 49.9. The Balaban J connectivity index is 1.23. The number of thiazole rings is 1. The van der Waals surface area contributed by atoms with E-state index in [9.17, 15) is 0 Å². The van der Waals surface area contributed by atoms with E-state index in [2.05, 4.69) is 185 Å². The van der Waals surface area contributed by atoms with Crippen LogP contribution in [0.4, 0.5) is 0 Å². The first-order valence-electron chi connectivity index (χ1n) is 25.4. The molecular formula is C59H54N2S2Si2. The van der Waals surface area contributed by atoms with Crippen molar-refractivity contribution >= 4 is 96.6 Å². The third kappa shape index (κ3) is 6.66. The second kappa shape index (κ2) is 15.4. The molecule has 0 bridgehead atoms. The second-order valence-corrected chi connectivity index (χ2v) is 27.9. The van der Waals surface area contributed by atoms with Gasteiger partial charge in [0.25, 0.3) is 0 Å². The minimum atomic E-state index is -4.48.